The van der Waals surface area contributed by atoms with Gasteiger partial charge in [0, 0.05) is 37.3 Å². The smallest absolute Gasteiger partial charge is 0.251 e. The van der Waals surface area contributed by atoms with Crippen LogP contribution >= 0.6 is 24.0 Å². The highest BCUT2D eigenvalue weighted by atomic mass is 127. The number of hydrogen-bond donors (Lipinski definition) is 4. The van der Waals surface area contributed by atoms with E-state index in [0.29, 0.717) is 49.9 Å². The molecule has 0 bridgehead atoms. The van der Waals surface area contributed by atoms with Crippen LogP contribution in [0.2, 0.25) is 0 Å². The van der Waals surface area contributed by atoms with Gasteiger partial charge in [-0.25, -0.2) is 4.99 Å². The molecule has 1 amide bonds. The van der Waals surface area contributed by atoms with E-state index in [-0.39, 0.29) is 41.9 Å². The summed E-state index contributed by atoms with van der Waals surface area (Å²) in [5.74, 6) is 1.26. The standard InChI is InChI=1S/C23H32N4O4.HI/c1-2-24-22(27-16-23(8-10-28)9-12-30-17-23)26-14-18-5-3-6-19(13-18)21(29)25-15-20-7-4-11-31-20;/h3-7,11,13,28H,2,8-10,12,14-17H2,1H3,(H,25,29)(H2,24,26,27);1H. The molecule has 1 aromatic carbocycles. The third kappa shape index (κ3) is 7.79. The number of hydrogen-bond acceptors (Lipinski definition) is 5. The second kappa shape index (κ2) is 13.4. The van der Waals surface area contributed by atoms with Gasteiger partial charge in [0.2, 0.25) is 0 Å². The largest absolute Gasteiger partial charge is 0.467 e. The minimum Gasteiger partial charge on any atom is -0.467 e. The predicted octanol–water partition coefficient (Wildman–Crippen LogP) is 2.67. The summed E-state index contributed by atoms with van der Waals surface area (Å²) in [6.07, 6.45) is 3.21. The Morgan fingerprint density at radius 1 is 1.22 bits per heavy atom. The molecule has 1 aromatic heterocycles. The Morgan fingerprint density at radius 3 is 2.78 bits per heavy atom. The SMILES string of the molecule is CCNC(=NCc1cccc(C(=O)NCc2ccco2)c1)NCC1(CCO)CCOC1.I. The van der Waals surface area contributed by atoms with E-state index >= 15 is 0 Å². The quantitative estimate of drug-likeness (QED) is 0.204. The summed E-state index contributed by atoms with van der Waals surface area (Å²) in [5.41, 5.74) is 1.47. The molecule has 0 radical (unpaired) electrons. The van der Waals surface area contributed by atoms with Gasteiger partial charge in [-0.05, 0) is 49.6 Å². The number of furan rings is 1. The molecule has 1 fully saturated rings. The van der Waals surface area contributed by atoms with Gasteiger partial charge in [-0.1, -0.05) is 12.1 Å². The van der Waals surface area contributed by atoms with Crippen LogP contribution < -0.4 is 16.0 Å². The molecule has 9 heteroatoms. The zero-order valence-corrected chi connectivity index (χ0v) is 20.8. The normalized spacial score (nSPS) is 18.1. The number of nitrogens with one attached hydrogen (secondary N) is 3. The Kier molecular flexibility index (Phi) is 11.0. The van der Waals surface area contributed by atoms with Gasteiger partial charge in [0.25, 0.3) is 5.91 Å². The molecule has 1 saturated heterocycles. The lowest BCUT2D eigenvalue weighted by molar-refractivity contribution is 0.0948. The summed E-state index contributed by atoms with van der Waals surface area (Å²) < 4.78 is 10.8. The number of carbonyl (C=O) groups excluding carboxylic acids is 1. The molecule has 176 valence electrons. The zero-order chi connectivity index (χ0) is 21.9. The number of halogens is 1. The maximum atomic E-state index is 12.4. The van der Waals surface area contributed by atoms with Crippen LogP contribution in [0.4, 0.5) is 0 Å². The molecular weight excluding hydrogens is 523 g/mol. The van der Waals surface area contributed by atoms with Crippen LogP contribution in [0.3, 0.4) is 0 Å². The van der Waals surface area contributed by atoms with E-state index in [4.69, 9.17) is 9.15 Å². The molecule has 3 rings (SSSR count). The molecule has 8 nitrogen and oxygen atoms in total. The van der Waals surface area contributed by atoms with E-state index in [1.165, 1.54) is 0 Å². The number of rotatable bonds is 10. The average Bonchev–Trinajstić information content (AvgIpc) is 3.47. The van der Waals surface area contributed by atoms with E-state index < -0.39 is 0 Å². The first-order valence-electron chi connectivity index (χ1n) is 10.7. The summed E-state index contributed by atoms with van der Waals surface area (Å²) in [7, 11) is 0. The summed E-state index contributed by atoms with van der Waals surface area (Å²) in [4.78, 5) is 17.1. The molecule has 1 atom stereocenters. The van der Waals surface area contributed by atoms with Crippen LogP contribution in [0, 0.1) is 5.41 Å². The molecule has 2 aromatic rings. The van der Waals surface area contributed by atoms with Gasteiger partial charge in [-0.2, -0.15) is 0 Å². The number of aliphatic hydroxyl groups is 1. The molecule has 0 spiro atoms. The van der Waals surface area contributed by atoms with E-state index in [1.807, 2.05) is 31.2 Å². The number of nitrogens with zero attached hydrogens (tertiary/aromatic N) is 1. The number of ether oxygens (including phenoxy) is 1. The van der Waals surface area contributed by atoms with Crippen molar-refractivity contribution in [1.82, 2.24) is 16.0 Å². The summed E-state index contributed by atoms with van der Waals surface area (Å²) >= 11 is 0. The first-order valence-corrected chi connectivity index (χ1v) is 10.7. The van der Waals surface area contributed by atoms with Gasteiger partial charge in [0.15, 0.2) is 5.96 Å². The van der Waals surface area contributed by atoms with Crippen LogP contribution in [-0.2, 0) is 17.8 Å². The number of carbonyl (C=O) groups is 1. The van der Waals surface area contributed by atoms with E-state index in [1.54, 1.807) is 18.4 Å². The number of amides is 1. The number of aliphatic hydroxyl groups excluding tert-OH is 1. The van der Waals surface area contributed by atoms with Crippen molar-refractivity contribution in [3.05, 3.63) is 59.5 Å². The van der Waals surface area contributed by atoms with Crippen molar-refractivity contribution in [2.75, 3.05) is 32.9 Å². The van der Waals surface area contributed by atoms with Crippen LogP contribution in [0.5, 0.6) is 0 Å². The van der Waals surface area contributed by atoms with Gasteiger partial charge in [0.1, 0.15) is 5.76 Å². The van der Waals surface area contributed by atoms with Gasteiger partial charge in [-0.3, -0.25) is 4.79 Å². The van der Waals surface area contributed by atoms with Crippen molar-refractivity contribution in [2.24, 2.45) is 10.4 Å². The van der Waals surface area contributed by atoms with Crippen molar-refractivity contribution in [3.8, 4) is 0 Å². The number of guanidine groups is 1. The maximum absolute atomic E-state index is 12.4. The Balaban J connectivity index is 0.00000363. The molecule has 1 aliphatic rings. The first kappa shape index (κ1) is 26.1. The van der Waals surface area contributed by atoms with E-state index in [0.717, 1.165) is 25.1 Å². The molecule has 4 N–H and O–H groups in total. The van der Waals surface area contributed by atoms with Crippen molar-refractivity contribution in [1.29, 1.82) is 0 Å². The minimum absolute atomic E-state index is 0. The fraction of sp³-hybridized carbons (Fsp3) is 0.478. The number of aliphatic imine (C=N–C) groups is 1. The van der Waals surface area contributed by atoms with Crippen molar-refractivity contribution in [3.63, 3.8) is 0 Å². The van der Waals surface area contributed by atoms with Gasteiger partial charge >= 0.3 is 0 Å². The molecule has 0 saturated carbocycles. The maximum Gasteiger partial charge on any atom is 0.251 e. The summed E-state index contributed by atoms with van der Waals surface area (Å²) in [5, 5.41) is 18.9. The summed E-state index contributed by atoms with van der Waals surface area (Å²) in [6, 6.07) is 11.1. The lowest BCUT2D eigenvalue weighted by Crippen LogP contribution is -2.44. The fourth-order valence-corrected chi connectivity index (χ4v) is 3.59. The Bertz CT molecular complexity index is 851. The van der Waals surface area contributed by atoms with E-state index in [2.05, 4.69) is 20.9 Å². The average molecular weight is 556 g/mol. The topological polar surface area (TPSA) is 108 Å². The molecule has 1 unspecified atom stereocenters. The Labute approximate surface area is 206 Å². The van der Waals surface area contributed by atoms with Crippen molar-refractivity contribution >= 4 is 35.8 Å². The predicted molar refractivity (Wildman–Crippen MR) is 134 cm³/mol. The van der Waals surface area contributed by atoms with Crippen LogP contribution in [-0.4, -0.2) is 49.9 Å². The van der Waals surface area contributed by atoms with Gasteiger partial charge in [0.05, 0.1) is 26.0 Å². The molecule has 1 aliphatic heterocycles. The third-order valence-electron chi connectivity index (χ3n) is 5.41. The highest BCUT2D eigenvalue weighted by molar-refractivity contribution is 14.0. The second-order valence-electron chi connectivity index (χ2n) is 7.79. The monoisotopic (exact) mass is 556 g/mol. The lowest BCUT2D eigenvalue weighted by atomic mass is 9.84. The minimum atomic E-state index is -0.153. The third-order valence-corrected chi connectivity index (χ3v) is 5.41. The van der Waals surface area contributed by atoms with Crippen LogP contribution in [0.1, 0.15) is 41.4 Å². The van der Waals surface area contributed by atoms with E-state index in [9.17, 15) is 9.90 Å². The second-order valence-corrected chi connectivity index (χ2v) is 7.79. The van der Waals surface area contributed by atoms with Crippen molar-refractivity contribution < 1.29 is 19.1 Å². The highest BCUT2D eigenvalue weighted by Crippen LogP contribution is 2.31. The van der Waals surface area contributed by atoms with Crippen molar-refractivity contribution in [2.45, 2.75) is 32.9 Å². The molecule has 2 heterocycles. The van der Waals surface area contributed by atoms with Crippen LogP contribution in [0.15, 0.2) is 52.1 Å². The molecule has 0 aliphatic carbocycles. The molecule has 32 heavy (non-hydrogen) atoms. The molecular formula is C23H33IN4O4. The van der Waals surface area contributed by atoms with Gasteiger partial charge < -0.3 is 30.2 Å². The zero-order valence-electron chi connectivity index (χ0n) is 18.4. The number of benzene rings is 1. The van der Waals surface area contributed by atoms with Crippen LogP contribution in [0.25, 0.3) is 0 Å². The Hall–Kier alpha value is -2.11. The first-order chi connectivity index (χ1) is 15.1. The fourth-order valence-electron chi connectivity index (χ4n) is 3.59. The lowest BCUT2D eigenvalue weighted by Gasteiger charge is -2.27. The summed E-state index contributed by atoms with van der Waals surface area (Å²) in [6.45, 7) is 5.76. The van der Waals surface area contributed by atoms with Gasteiger partial charge in [-0.15, -0.1) is 24.0 Å². The Morgan fingerprint density at radius 2 is 2.09 bits per heavy atom. The highest BCUT2D eigenvalue weighted by Gasteiger charge is 2.34.